The van der Waals surface area contributed by atoms with Crippen molar-refractivity contribution < 1.29 is 39.9 Å². The van der Waals surface area contributed by atoms with Gasteiger partial charge in [-0.3, -0.25) is 19.3 Å². The Kier molecular flexibility index (Phi) is 6.45. The molecular weight excluding hydrogens is 506 g/mol. The summed E-state index contributed by atoms with van der Waals surface area (Å²) < 4.78 is 0. The van der Waals surface area contributed by atoms with Crippen LogP contribution in [0, 0.1) is 11.8 Å². The van der Waals surface area contributed by atoms with Gasteiger partial charge in [0, 0.05) is 36.8 Å². The average molecular weight is 544 g/mol. The first-order valence-electron chi connectivity index (χ1n) is 12.7. The molecule has 1 aromatic carbocycles. The van der Waals surface area contributed by atoms with E-state index in [-0.39, 0.29) is 11.3 Å². The zero-order valence-electron chi connectivity index (χ0n) is 23.4. The second kappa shape index (κ2) is 8.80. The van der Waals surface area contributed by atoms with Crippen LogP contribution in [0.2, 0.25) is 0 Å². The van der Waals surface area contributed by atoms with Gasteiger partial charge in [-0.1, -0.05) is 27.7 Å². The van der Waals surface area contributed by atoms with E-state index in [0.717, 1.165) is 0 Å². The number of aromatic hydroxyl groups is 1. The highest BCUT2D eigenvalue weighted by atomic mass is 16.4. The first kappa shape index (κ1) is 28.6. The topological polar surface area (TPSA) is 185 Å². The maximum Gasteiger partial charge on any atom is 0.255 e. The van der Waals surface area contributed by atoms with Crippen LogP contribution in [0.15, 0.2) is 28.7 Å². The summed E-state index contributed by atoms with van der Waals surface area (Å²) in [5.41, 5.74) is 1.96. The summed E-state index contributed by atoms with van der Waals surface area (Å²) >= 11 is 0. The molecule has 1 aromatic rings. The molecule has 0 saturated heterocycles. The lowest BCUT2D eigenvalue weighted by Crippen LogP contribution is -2.68. The van der Waals surface area contributed by atoms with Crippen LogP contribution in [-0.2, 0) is 15.0 Å². The van der Waals surface area contributed by atoms with Gasteiger partial charge in [0.15, 0.2) is 11.4 Å². The molecule has 212 valence electrons. The van der Waals surface area contributed by atoms with Crippen LogP contribution in [0.1, 0.15) is 55.1 Å². The molecule has 7 N–H and O–H groups in total. The minimum absolute atomic E-state index is 0.0911. The average Bonchev–Trinajstić information content (AvgIpc) is 2.79. The number of hydrogen-bond acceptors (Lipinski definition) is 10. The monoisotopic (exact) mass is 543 g/mol. The van der Waals surface area contributed by atoms with Crippen molar-refractivity contribution in [3.05, 3.63) is 45.4 Å². The molecule has 4 rings (SSSR count). The molecule has 0 spiro atoms. The van der Waals surface area contributed by atoms with Crippen molar-refractivity contribution in [2.45, 2.75) is 56.8 Å². The zero-order valence-corrected chi connectivity index (χ0v) is 23.4. The number of ketones is 2. The fraction of sp³-hybridized carbons (Fsp3) is 0.536. The number of nitrogens with two attached hydrogens (primary N) is 1. The Morgan fingerprint density at radius 2 is 1.64 bits per heavy atom. The number of hydrogen-bond donors (Lipinski definition) is 6. The Morgan fingerprint density at radius 1 is 1.08 bits per heavy atom. The van der Waals surface area contributed by atoms with Gasteiger partial charge in [-0.05, 0) is 37.1 Å². The summed E-state index contributed by atoms with van der Waals surface area (Å²) in [7, 11) is 6.57. The van der Waals surface area contributed by atoms with Gasteiger partial charge in [0.2, 0.25) is 5.78 Å². The molecule has 11 nitrogen and oxygen atoms in total. The molecule has 3 aliphatic rings. The first-order chi connectivity index (χ1) is 17.8. The van der Waals surface area contributed by atoms with Crippen LogP contribution in [-0.4, -0.2) is 93.8 Å². The van der Waals surface area contributed by atoms with Crippen LogP contribution < -0.4 is 10.6 Å². The van der Waals surface area contributed by atoms with E-state index in [9.17, 15) is 39.9 Å². The van der Waals surface area contributed by atoms with Crippen LogP contribution >= 0.6 is 0 Å². The number of likely N-dealkylation sites (N-methyl/N-ethyl adjacent to an activating group) is 1. The third-order valence-electron chi connectivity index (χ3n) is 8.49. The Hall–Kier alpha value is -3.41. The number of aliphatic hydroxyl groups excluding tert-OH is 3. The van der Waals surface area contributed by atoms with Gasteiger partial charge >= 0.3 is 0 Å². The van der Waals surface area contributed by atoms with Crippen molar-refractivity contribution in [1.29, 1.82) is 0 Å². The predicted molar refractivity (Wildman–Crippen MR) is 143 cm³/mol. The molecule has 0 bridgehead atoms. The summed E-state index contributed by atoms with van der Waals surface area (Å²) in [5, 5.41) is 57.5. The lowest BCUT2D eigenvalue weighted by Gasteiger charge is -2.53. The fourth-order valence-corrected chi connectivity index (χ4v) is 6.69. The molecule has 0 aliphatic heterocycles. The smallest absolute Gasteiger partial charge is 0.255 e. The number of benzene rings is 1. The van der Waals surface area contributed by atoms with E-state index < -0.39 is 81.1 Å². The van der Waals surface area contributed by atoms with E-state index in [0.29, 0.717) is 16.8 Å². The number of aliphatic hydroxyl groups is 4. The number of fused-ring (bicyclic) bond motifs is 3. The number of Topliss-reactive ketones (excluding diaryl/α,β-unsaturated/α-hetero) is 2. The number of amides is 1. The van der Waals surface area contributed by atoms with Gasteiger partial charge in [0.1, 0.15) is 22.8 Å². The van der Waals surface area contributed by atoms with Gasteiger partial charge in [0.05, 0.1) is 23.6 Å². The van der Waals surface area contributed by atoms with Crippen molar-refractivity contribution in [2.24, 2.45) is 17.6 Å². The molecule has 39 heavy (non-hydrogen) atoms. The third kappa shape index (κ3) is 3.63. The number of phenols is 1. The maximum atomic E-state index is 14.2. The van der Waals surface area contributed by atoms with E-state index in [1.54, 1.807) is 32.0 Å². The minimum Gasteiger partial charge on any atom is -0.510 e. The Morgan fingerprint density at radius 3 is 2.10 bits per heavy atom. The summed E-state index contributed by atoms with van der Waals surface area (Å²) in [5.74, 6) is -9.01. The van der Waals surface area contributed by atoms with Crippen molar-refractivity contribution in [2.75, 3.05) is 33.1 Å². The SMILES string of the molecule is C[C@H]1c2c(N(C)C)cc(C(C)(C)C)c(O)c2C(=O)C2=C(O)[C@]3(O)C(=O)C(C(N)=O)=C(O)[C@@H](N(C)C)[C@H]3[C@@H](O)[C@@H]21. The van der Waals surface area contributed by atoms with Crippen LogP contribution in [0.5, 0.6) is 5.75 Å². The van der Waals surface area contributed by atoms with Crippen LogP contribution in [0.3, 0.4) is 0 Å². The Labute approximate surface area is 226 Å². The summed E-state index contributed by atoms with van der Waals surface area (Å²) in [4.78, 5) is 43.0. The van der Waals surface area contributed by atoms with E-state index in [1.165, 1.54) is 19.0 Å². The van der Waals surface area contributed by atoms with Gasteiger partial charge in [-0.25, -0.2) is 0 Å². The molecule has 1 amide bonds. The van der Waals surface area contributed by atoms with E-state index in [2.05, 4.69) is 0 Å². The third-order valence-corrected chi connectivity index (χ3v) is 8.49. The first-order valence-corrected chi connectivity index (χ1v) is 12.7. The Balaban J connectivity index is 2.11. The number of carbonyl (C=O) groups is 3. The molecule has 0 aromatic heterocycles. The zero-order chi connectivity index (χ0) is 29.7. The molecule has 11 heteroatoms. The van der Waals surface area contributed by atoms with Gasteiger partial charge in [0.25, 0.3) is 5.91 Å². The van der Waals surface area contributed by atoms with E-state index in [1.807, 2.05) is 20.8 Å². The predicted octanol–water partition coefficient (Wildman–Crippen LogP) is 1.02. The largest absolute Gasteiger partial charge is 0.510 e. The lowest BCUT2D eigenvalue weighted by molar-refractivity contribution is -0.162. The number of nitrogens with zero attached hydrogens (tertiary/aromatic N) is 2. The fourth-order valence-electron chi connectivity index (χ4n) is 6.69. The molecule has 0 unspecified atom stereocenters. The summed E-state index contributed by atoms with van der Waals surface area (Å²) in [6.45, 7) is 7.33. The summed E-state index contributed by atoms with van der Waals surface area (Å²) in [6, 6.07) is 0.487. The lowest BCUT2D eigenvalue weighted by atomic mass is 9.55. The number of carbonyl (C=O) groups excluding carboxylic acids is 3. The molecule has 3 aliphatic carbocycles. The molecule has 0 heterocycles. The summed E-state index contributed by atoms with van der Waals surface area (Å²) in [6.07, 6.45) is -1.64. The second-order valence-electron chi connectivity index (χ2n) is 12.3. The normalized spacial score (nSPS) is 30.8. The molecule has 6 atom stereocenters. The van der Waals surface area contributed by atoms with Gasteiger partial charge < -0.3 is 36.2 Å². The van der Waals surface area contributed by atoms with Crippen molar-refractivity contribution >= 4 is 23.2 Å². The number of anilines is 1. The van der Waals surface area contributed by atoms with E-state index in [4.69, 9.17) is 5.73 Å². The number of primary amides is 1. The number of rotatable bonds is 3. The van der Waals surface area contributed by atoms with Gasteiger partial charge in [-0.2, -0.15) is 0 Å². The van der Waals surface area contributed by atoms with Crippen molar-refractivity contribution in [3.8, 4) is 5.75 Å². The Bertz CT molecular complexity index is 1370. The highest BCUT2D eigenvalue weighted by molar-refractivity contribution is 6.25. The highest BCUT2D eigenvalue weighted by Crippen LogP contribution is 2.57. The highest BCUT2D eigenvalue weighted by Gasteiger charge is 2.67. The second-order valence-corrected chi connectivity index (χ2v) is 12.3. The van der Waals surface area contributed by atoms with Crippen molar-refractivity contribution in [3.63, 3.8) is 0 Å². The van der Waals surface area contributed by atoms with Gasteiger partial charge in [-0.15, -0.1) is 0 Å². The molecule has 0 saturated carbocycles. The van der Waals surface area contributed by atoms with Crippen molar-refractivity contribution in [1.82, 2.24) is 4.90 Å². The molecule has 0 radical (unpaired) electrons. The minimum atomic E-state index is -2.94. The number of phenolic OH excluding ortho intramolecular Hbond substituents is 1. The maximum absolute atomic E-state index is 14.2. The quantitative estimate of drug-likeness (QED) is 0.301. The van der Waals surface area contributed by atoms with Crippen LogP contribution in [0.25, 0.3) is 0 Å². The standard InChI is InChI=1S/C28H37N3O8/c1-10-13-12(30(5)6)9-11(27(2,3)4)20(32)15(13)21(33)16-14(10)22(34)18-19(31(7)8)23(35)17(26(29)38)25(37)28(18,39)24(16)36/h9-10,14,18-19,22,32,34-36,39H,1-8H3,(H2,29,38)/t10-,14+,18-,19-,22-,28-/m0/s1. The van der Waals surface area contributed by atoms with Crippen LogP contribution in [0.4, 0.5) is 5.69 Å². The molecule has 0 fully saturated rings. The molecular formula is C28H37N3O8. The van der Waals surface area contributed by atoms with E-state index >= 15 is 0 Å².